The summed E-state index contributed by atoms with van der Waals surface area (Å²) in [4.78, 5) is 6.39. The van der Waals surface area contributed by atoms with Gasteiger partial charge in [-0.2, -0.15) is 12.7 Å². The summed E-state index contributed by atoms with van der Waals surface area (Å²) in [7, 11) is -7.70. The molecule has 1 aromatic heterocycles. The highest BCUT2D eigenvalue weighted by molar-refractivity contribution is 8.67. The fraction of sp³-hybridized carbons (Fsp3) is 0.316. The van der Waals surface area contributed by atoms with Crippen molar-refractivity contribution < 1.29 is 25.3 Å². The van der Waals surface area contributed by atoms with Crippen LogP contribution in [0.3, 0.4) is 0 Å². The van der Waals surface area contributed by atoms with Crippen molar-refractivity contribution >= 4 is 50.6 Å². The van der Waals surface area contributed by atoms with E-state index in [9.17, 15) is 25.3 Å². The monoisotopic (exact) mass is 515 g/mol. The lowest BCUT2D eigenvalue weighted by molar-refractivity contribution is 0.472. The molecule has 33 heavy (non-hydrogen) atoms. The number of nitrogens with one attached hydrogen (secondary N) is 1. The van der Waals surface area contributed by atoms with Gasteiger partial charge in [0, 0.05) is 39.9 Å². The lowest BCUT2D eigenvalue weighted by atomic mass is 10.3. The van der Waals surface area contributed by atoms with E-state index in [4.69, 9.17) is 0 Å². The third-order valence-electron chi connectivity index (χ3n) is 5.06. The molecular formula is C19H25N5O6S3. The summed E-state index contributed by atoms with van der Waals surface area (Å²) >= 11 is 0. The third-order valence-corrected chi connectivity index (χ3v) is 10.9. The zero-order chi connectivity index (χ0) is 24.6. The molecule has 2 aromatic carbocycles. The fourth-order valence-corrected chi connectivity index (χ4v) is 5.56. The number of nitrogens with zero attached hydrogens (tertiary/aromatic N) is 4. The van der Waals surface area contributed by atoms with Gasteiger partial charge in [0.2, 0.25) is 16.0 Å². The Kier molecular flexibility index (Phi) is 6.75. The Hall–Kier alpha value is -2.68. The standard InChI is InChI=1S/C19H25N5O6S3/c1-22(19-20-17-7-5-6-8-18(17)24(19)3)13-14-23(2)32(27,28)16-11-9-15(10-12-16)21-33(29,30)31(4,25)26/h5-12,21H,13-14H2,1-4H3. The van der Waals surface area contributed by atoms with E-state index in [0.717, 1.165) is 11.0 Å². The predicted molar refractivity (Wildman–Crippen MR) is 128 cm³/mol. The molecule has 0 unspecified atom stereocenters. The lowest BCUT2D eigenvalue weighted by Crippen LogP contribution is -2.35. The molecule has 1 heterocycles. The number of fused-ring (bicyclic) bond motifs is 1. The van der Waals surface area contributed by atoms with E-state index < -0.39 is 27.9 Å². The molecule has 180 valence electrons. The van der Waals surface area contributed by atoms with Crippen molar-refractivity contribution in [2.75, 3.05) is 43.1 Å². The van der Waals surface area contributed by atoms with Gasteiger partial charge in [0.1, 0.15) is 0 Å². The maximum atomic E-state index is 12.9. The number of benzene rings is 2. The van der Waals surface area contributed by atoms with Crippen molar-refractivity contribution in [3.63, 3.8) is 0 Å². The van der Waals surface area contributed by atoms with Gasteiger partial charge in [0.15, 0.2) is 0 Å². The summed E-state index contributed by atoms with van der Waals surface area (Å²) in [6.45, 7) is 0.545. The van der Waals surface area contributed by atoms with Crippen molar-refractivity contribution in [1.29, 1.82) is 0 Å². The highest BCUT2D eigenvalue weighted by atomic mass is 33.2. The predicted octanol–water partition coefficient (Wildman–Crippen LogP) is 1.03. The molecule has 0 fully saturated rings. The first kappa shape index (κ1) is 25.0. The zero-order valence-electron chi connectivity index (χ0n) is 18.5. The van der Waals surface area contributed by atoms with Crippen LogP contribution in [-0.2, 0) is 35.0 Å². The van der Waals surface area contributed by atoms with Crippen molar-refractivity contribution in [2.24, 2.45) is 7.05 Å². The van der Waals surface area contributed by atoms with Crippen LogP contribution in [0.25, 0.3) is 11.0 Å². The summed E-state index contributed by atoms with van der Waals surface area (Å²) in [5.41, 5.74) is 1.74. The van der Waals surface area contributed by atoms with Crippen LogP contribution in [0.1, 0.15) is 0 Å². The third kappa shape index (κ3) is 5.13. The van der Waals surface area contributed by atoms with Crippen LogP contribution < -0.4 is 9.62 Å². The van der Waals surface area contributed by atoms with Gasteiger partial charge < -0.3 is 9.47 Å². The highest BCUT2D eigenvalue weighted by Gasteiger charge is 2.25. The first-order chi connectivity index (χ1) is 15.2. The van der Waals surface area contributed by atoms with Crippen LogP contribution in [-0.4, -0.2) is 72.6 Å². The second-order valence-corrected chi connectivity index (χ2v) is 15.2. The van der Waals surface area contributed by atoms with Crippen LogP contribution in [0, 0.1) is 0 Å². The van der Waals surface area contributed by atoms with Gasteiger partial charge in [-0.25, -0.2) is 21.8 Å². The molecule has 0 aliphatic rings. The van der Waals surface area contributed by atoms with Crippen LogP contribution >= 0.6 is 0 Å². The Morgan fingerprint density at radius 2 is 1.52 bits per heavy atom. The second-order valence-electron chi connectivity index (χ2n) is 7.49. The van der Waals surface area contributed by atoms with E-state index in [2.05, 4.69) is 4.98 Å². The number of aromatic nitrogens is 2. The molecule has 0 aliphatic heterocycles. The topological polar surface area (TPSA) is 139 Å². The van der Waals surface area contributed by atoms with Crippen LogP contribution in [0.15, 0.2) is 53.4 Å². The van der Waals surface area contributed by atoms with E-state index in [0.29, 0.717) is 18.7 Å². The SMILES string of the molecule is CN(CCN(C)S(=O)(=O)c1ccc(NS(=O)(=O)S(C)(=O)=O)cc1)c1nc2ccccc2n1C. The molecule has 0 saturated heterocycles. The Morgan fingerprint density at radius 1 is 0.909 bits per heavy atom. The zero-order valence-corrected chi connectivity index (χ0v) is 20.9. The minimum Gasteiger partial charge on any atom is -0.344 e. The molecule has 1 N–H and O–H groups in total. The first-order valence-corrected chi connectivity index (χ1v) is 15.0. The van der Waals surface area contributed by atoms with Gasteiger partial charge in [-0.3, -0.25) is 4.72 Å². The van der Waals surface area contributed by atoms with Crippen molar-refractivity contribution in [3.05, 3.63) is 48.5 Å². The van der Waals surface area contributed by atoms with Crippen LogP contribution in [0.5, 0.6) is 0 Å². The van der Waals surface area contributed by atoms with E-state index in [1.54, 1.807) is 0 Å². The van der Waals surface area contributed by atoms with Gasteiger partial charge in [-0.15, -0.1) is 0 Å². The Bertz CT molecular complexity index is 1480. The number of para-hydroxylation sites is 2. The number of sulfonamides is 1. The minimum absolute atomic E-state index is 0.0577. The fourth-order valence-electron chi connectivity index (χ4n) is 3.08. The average Bonchev–Trinajstić information content (AvgIpc) is 3.08. The minimum atomic E-state index is -4.62. The summed E-state index contributed by atoms with van der Waals surface area (Å²) < 4.78 is 76.9. The van der Waals surface area contributed by atoms with Crippen LogP contribution in [0.4, 0.5) is 11.6 Å². The largest absolute Gasteiger partial charge is 0.344 e. The van der Waals surface area contributed by atoms with E-state index in [1.165, 1.54) is 35.6 Å². The first-order valence-electron chi connectivity index (χ1n) is 9.66. The summed E-state index contributed by atoms with van der Waals surface area (Å²) in [5, 5.41) is 0. The van der Waals surface area contributed by atoms with Crippen molar-refractivity contribution in [3.8, 4) is 0 Å². The van der Waals surface area contributed by atoms with Crippen molar-refractivity contribution in [2.45, 2.75) is 4.90 Å². The Balaban J connectivity index is 1.70. The molecule has 0 saturated carbocycles. The van der Waals surface area contributed by atoms with Gasteiger partial charge in [0.05, 0.1) is 22.2 Å². The van der Waals surface area contributed by atoms with Gasteiger partial charge in [-0.05, 0) is 36.4 Å². The smallest absolute Gasteiger partial charge is 0.338 e. The number of aryl methyl sites for hydroxylation is 1. The maximum absolute atomic E-state index is 12.9. The highest BCUT2D eigenvalue weighted by Crippen LogP contribution is 2.21. The van der Waals surface area contributed by atoms with E-state index in [1.807, 2.05) is 52.5 Å². The molecule has 0 atom stereocenters. The molecular weight excluding hydrogens is 490 g/mol. The second kappa shape index (κ2) is 8.93. The summed E-state index contributed by atoms with van der Waals surface area (Å²) in [6.07, 6.45) is 0.563. The molecule has 3 rings (SSSR count). The quantitative estimate of drug-likeness (QED) is 0.417. The number of likely N-dealkylation sites (N-methyl/N-ethyl adjacent to an activating group) is 2. The molecule has 0 aliphatic carbocycles. The molecule has 0 radical (unpaired) electrons. The maximum Gasteiger partial charge on any atom is 0.338 e. The molecule has 14 heteroatoms. The summed E-state index contributed by atoms with van der Waals surface area (Å²) in [5.74, 6) is 0.699. The van der Waals surface area contributed by atoms with Crippen molar-refractivity contribution in [1.82, 2.24) is 13.9 Å². The van der Waals surface area contributed by atoms with Gasteiger partial charge in [-0.1, -0.05) is 12.1 Å². The number of rotatable bonds is 9. The molecule has 0 amide bonds. The van der Waals surface area contributed by atoms with Crippen LogP contribution in [0.2, 0.25) is 0 Å². The molecule has 0 spiro atoms. The lowest BCUT2D eigenvalue weighted by Gasteiger charge is -2.23. The van der Waals surface area contributed by atoms with Gasteiger partial charge >= 0.3 is 9.06 Å². The Morgan fingerprint density at radius 3 is 2.09 bits per heavy atom. The average molecular weight is 516 g/mol. The van der Waals surface area contributed by atoms with Gasteiger partial charge in [0.25, 0.3) is 8.87 Å². The number of anilines is 2. The molecule has 0 bridgehead atoms. The van der Waals surface area contributed by atoms with E-state index >= 15 is 0 Å². The Labute approximate surface area is 193 Å². The number of imidazole rings is 1. The number of hydrogen-bond acceptors (Lipinski definition) is 8. The molecule has 11 nitrogen and oxygen atoms in total. The normalized spacial score (nSPS) is 12.9. The van der Waals surface area contributed by atoms with E-state index in [-0.39, 0.29) is 17.1 Å². The number of hydrogen-bond donors (Lipinski definition) is 1. The molecule has 3 aromatic rings. The summed E-state index contributed by atoms with van der Waals surface area (Å²) in [6, 6.07) is 12.5.